The molecule has 0 bridgehead atoms. The zero-order valence-corrected chi connectivity index (χ0v) is 15.8. The second kappa shape index (κ2) is 9.39. The second-order valence-electron chi connectivity index (χ2n) is 6.11. The topological polar surface area (TPSA) is 50.2 Å². The van der Waals surface area contributed by atoms with E-state index in [1.54, 1.807) is 17.8 Å². The van der Waals surface area contributed by atoms with Gasteiger partial charge < -0.3 is 10.2 Å². The first-order chi connectivity index (χ1) is 12.0. The molecule has 0 saturated heterocycles. The number of halogens is 1. The summed E-state index contributed by atoms with van der Waals surface area (Å²) in [5.41, 5.74) is 2.88. The highest BCUT2D eigenvalue weighted by molar-refractivity contribution is 6.31. The molecule has 1 aromatic carbocycles. The third-order valence-corrected chi connectivity index (χ3v) is 4.36. The van der Waals surface area contributed by atoms with E-state index in [4.69, 9.17) is 11.6 Å². The zero-order chi connectivity index (χ0) is 18.2. The van der Waals surface area contributed by atoms with E-state index in [1.165, 1.54) is 11.6 Å². The predicted molar refractivity (Wildman–Crippen MR) is 102 cm³/mol. The SMILES string of the molecule is Cc1nn(C)c(Cl)c1/C=C/C(=O)NCCCN(C)Cc1ccccc1. The van der Waals surface area contributed by atoms with Crippen LogP contribution in [-0.2, 0) is 18.4 Å². The van der Waals surface area contributed by atoms with Crippen molar-refractivity contribution in [3.05, 3.63) is 58.4 Å². The average molecular weight is 361 g/mol. The maximum atomic E-state index is 11.9. The molecule has 0 radical (unpaired) electrons. The van der Waals surface area contributed by atoms with Crippen molar-refractivity contribution in [3.8, 4) is 0 Å². The first-order valence-electron chi connectivity index (χ1n) is 8.35. The summed E-state index contributed by atoms with van der Waals surface area (Å²) in [4.78, 5) is 14.1. The summed E-state index contributed by atoms with van der Waals surface area (Å²) in [6.45, 7) is 4.34. The van der Waals surface area contributed by atoms with Gasteiger partial charge in [0.25, 0.3) is 0 Å². The maximum Gasteiger partial charge on any atom is 0.244 e. The Kier molecular flexibility index (Phi) is 7.22. The number of hydrogen-bond acceptors (Lipinski definition) is 3. The van der Waals surface area contributed by atoms with Crippen LogP contribution in [0.3, 0.4) is 0 Å². The van der Waals surface area contributed by atoms with Crippen molar-refractivity contribution >= 4 is 23.6 Å². The molecule has 0 aliphatic heterocycles. The maximum absolute atomic E-state index is 11.9. The summed E-state index contributed by atoms with van der Waals surface area (Å²) in [5, 5.41) is 7.64. The van der Waals surface area contributed by atoms with E-state index in [0.717, 1.165) is 30.8 Å². The fraction of sp³-hybridized carbons (Fsp3) is 0.368. The van der Waals surface area contributed by atoms with Gasteiger partial charge in [-0.05, 0) is 38.6 Å². The van der Waals surface area contributed by atoms with Crippen molar-refractivity contribution in [3.63, 3.8) is 0 Å². The summed E-state index contributed by atoms with van der Waals surface area (Å²) in [7, 11) is 3.86. The van der Waals surface area contributed by atoms with Crippen LogP contribution in [0.1, 0.15) is 23.2 Å². The normalized spacial score (nSPS) is 11.4. The van der Waals surface area contributed by atoms with Crippen LogP contribution in [0, 0.1) is 6.92 Å². The van der Waals surface area contributed by atoms with Gasteiger partial charge in [-0.25, -0.2) is 0 Å². The van der Waals surface area contributed by atoms with E-state index in [2.05, 4.69) is 34.5 Å². The van der Waals surface area contributed by atoms with Gasteiger partial charge >= 0.3 is 0 Å². The van der Waals surface area contributed by atoms with Crippen LogP contribution in [0.5, 0.6) is 0 Å². The first kappa shape index (κ1) is 19.2. The molecule has 0 aliphatic carbocycles. The molecule has 0 aliphatic rings. The van der Waals surface area contributed by atoms with E-state index < -0.39 is 0 Å². The van der Waals surface area contributed by atoms with E-state index >= 15 is 0 Å². The van der Waals surface area contributed by atoms with Crippen LogP contribution in [-0.4, -0.2) is 40.7 Å². The highest BCUT2D eigenvalue weighted by atomic mass is 35.5. The first-order valence-corrected chi connectivity index (χ1v) is 8.72. The summed E-state index contributed by atoms with van der Waals surface area (Å²) < 4.78 is 1.59. The Hall–Kier alpha value is -2.11. The summed E-state index contributed by atoms with van der Waals surface area (Å²) >= 11 is 6.14. The standard InChI is InChI=1S/C19H25ClN4O/c1-15-17(19(20)24(3)22-15)10-11-18(25)21-12-7-13-23(2)14-16-8-5-4-6-9-16/h4-6,8-11H,7,12-14H2,1-3H3,(H,21,25)/b11-10+. The number of carbonyl (C=O) groups excluding carboxylic acids is 1. The molecule has 2 aromatic rings. The molecule has 134 valence electrons. The quantitative estimate of drug-likeness (QED) is 0.581. The lowest BCUT2D eigenvalue weighted by Gasteiger charge is -2.16. The molecule has 1 N–H and O–H groups in total. The molecule has 6 heteroatoms. The molecule has 2 rings (SSSR count). The zero-order valence-electron chi connectivity index (χ0n) is 15.0. The molecule has 0 saturated carbocycles. The number of benzene rings is 1. The fourth-order valence-corrected chi connectivity index (χ4v) is 2.83. The van der Waals surface area contributed by atoms with Crippen molar-refractivity contribution in [2.75, 3.05) is 20.1 Å². The fourth-order valence-electron chi connectivity index (χ4n) is 2.59. The van der Waals surface area contributed by atoms with E-state index in [-0.39, 0.29) is 5.91 Å². The molecule has 25 heavy (non-hydrogen) atoms. The van der Waals surface area contributed by atoms with Crippen molar-refractivity contribution in [1.82, 2.24) is 20.0 Å². The summed E-state index contributed by atoms with van der Waals surface area (Å²) in [5.74, 6) is -0.120. The molecular formula is C19H25ClN4O. The Morgan fingerprint density at radius 3 is 2.72 bits per heavy atom. The van der Waals surface area contributed by atoms with Gasteiger partial charge in [-0.2, -0.15) is 5.10 Å². The van der Waals surface area contributed by atoms with Crippen molar-refractivity contribution in [2.24, 2.45) is 7.05 Å². The van der Waals surface area contributed by atoms with Gasteiger partial charge in [0.15, 0.2) is 0 Å². The Labute approximate surface area is 154 Å². The number of aromatic nitrogens is 2. The minimum atomic E-state index is -0.120. The van der Waals surface area contributed by atoms with Crippen LogP contribution >= 0.6 is 11.6 Å². The van der Waals surface area contributed by atoms with Gasteiger partial charge in [-0.15, -0.1) is 0 Å². The van der Waals surface area contributed by atoms with E-state index in [9.17, 15) is 4.79 Å². The van der Waals surface area contributed by atoms with Gasteiger partial charge in [-0.1, -0.05) is 41.9 Å². The molecule has 0 unspecified atom stereocenters. The number of hydrogen-bond donors (Lipinski definition) is 1. The van der Waals surface area contributed by atoms with Crippen LogP contribution in [0.15, 0.2) is 36.4 Å². The Morgan fingerprint density at radius 1 is 1.36 bits per heavy atom. The summed E-state index contributed by atoms with van der Waals surface area (Å²) in [6.07, 6.45) is 4.11. The highest BCUT2D eigenvalue weighted by Gasteiger charge is 2.08. The molecule has 0 atom stereocenters. The van der Waals surface area contributed by atoms with Crippen LogP contribution in [0.4, 0.5) is 0 Å². The molecule has 1 aromatic heterocycles. The molecular weight excluding hydrogens is 336 g/mol. The minimum Gasteiger partial charge on any atom is -0.353 e. The second-order valence-corrected chi connectivity index (χ2v) is 6.47. The Morgan fingerprint density at radius 2 is 2.08 bits per heavy atom. The largest absolute Gasteiger partial charge is 0.353 e. The lowest BCUT2D eigenvalue weighted by atomic mass is 10.2. The average Bonchev–Trinajstić information content (AvgIpc) is 2.83. The van der Waals surface area contributed by atoms with Crippen LogP contribution < -0.4 is 5.32 Å². The predicted octanol–water partition coefficient (Wildman–Crippen LogP) is 3.03. The monoisotopic (exact) mass is 360 g/mol. The molecule has 5 nitrogen and oxygen atoms in total. The van der Waals surface area contributed by atoms with Gasteiger partial charge in [0, 0.05) is 31.8 Å². The summed E-state index contributed by atoms with van der Waals surface area (Å²) in [6, 6.07) is 10.4. The van der Waals surface area contributed by atoms with Gasteiger partial charge in [0.2, 0.25) is 5.91 Å². The number of carbonyl (C=O) groups is 1. The molecule has 1 amide bonds. The number of nitrogens with one attached hydrogen (secondary N) is 1. The Balaban J connectivity index is 1.69. The van der Waals surface area contributed by atoms with Crippen LogP contribution in [0.2, 0.25) is 5.15 Å². The van der Waals surface area contributed by atoms with E-state index in [1.807, 2.05) is 25.1 Å². The lowest BCUT2D eigenvalue weighted by molar-refractivity contribution is -0.116. The van der Waals surface area contributed by atoms with Crippen LogP contribution in [0.25, 0.3) is 6.08 Å². The lowest BCUT2D eigenvalue weighted by Crippen LogP contribution is -2.26. The number of rotatable bonds is 8. The van der Waals surface area contributed by atoms with Gasteiger partial charge in [-0.3, -0.25) is 9.48 Å². The minimum absolute atomic E-state index is 0.120. The number of aryl methyl sites for hydroxylation is 2. The smallest absolute Gasteiger partial charge is 0.244 e. The third-order valence-electron chi connectivity index (χ3n) is 3.91. The molecule has 0 fully saturated rings. The van der Waals surface area contributed by atoms with Gasteiger partial charge in [0.05, 0.1) is 5.69 Å². The number of nitrogens with zero attached hydrogens (tertiary/aromatic N) is 3. The Bertz CT molecular complexity index is 725. The van der Waals surface area contributed by atoms with Gasteiger partial charge in [0.1, 0.15) is 5.15 Å². The molecule has 1 heterocycles. The highest BCUT2D eigenvalue weighted by Crippen LogP contribution is 2.19. The molecule has 0 spiro atoms. The van der Waals surface area contributed by atoms with Crippen molar-refractivity contribution < 1.29 is 4.79 Å². The number of amides is 1. The van der Waals surface area contributed by atoms with Crippen molar-refractivity contribution in [2.45, 2.75) is 19.9 Å². The van der Waals surface area contributed by atoms with E-state index in [0.29, 0.717) is 11.7 Å². The van der Waals surface area contributed by atoms with Crippen molar-refractivity contribution in [1.29, 1.82) is 0 Å². The third kappa shape index (κ3) is 6.03.